The van der Waals surface area contributed by atoms with Crippen LogP contribution in [0, 0.1) is 0 Å². The number of nitrogens with zero attached hydrogens (tertiary/aromatic N) is 4. The van der Waals surface area contributed by atoms with E-state index in [0.717, 1.165) is 22.5 Å². The minimum atomic E-state index is -4.65. The Bertz CT molecular complexity index is 2860. The van der Waals surface area contributed by atoms with Crippen molar-refractivity contribution in [2.45, 2.75) is 4.90 Å². The third-order valence-electron chi connectivity index (χ3n) is 8.67. The van der Waals surface area contributed by atoms with E-state index in [0.29, 0.717) is 22.5 Å². The summed E-state index contributed by atoms with van der Waals surface area (Å²) in [5, 5.41) is 52.9. The van der Waals surface area contributed by atoms with Gasteiger partial charge in [-0.05, 0) is 77.2 Å². The molecule has 7 aromatic rings. The number of nitrogens with one attached hydrogen (secondary N) is 1. The van der Waals surface area contributed by atoms with Crippen molar-refractivity contribution in [2.75, 3.05) is 11.1 Å². The Kier molecular flexibility index (Phi) is 9.46. The lowest BCUT2D eigenvalue weighted by atomic mass is 9.99. The zero-order valence-corrected chi connectivity index (χ0v) is 29.1. The zero-order valence-electron chi connectivity index (χ0n) is 28.3. The second-order valence-corrected chi connectivity index (χ2v) is 13.5. The van der Waals surface area contributed by atoms with Crippen LogP contribution in [0.1, 0.15) is 20.7 Å². The summed E-state index contributed by atoms with van der Waals surface area (Å²) in [7, 11) is -4.65. The van der Waals surface area contributed by atoms with Crippen LogP contribution in [0.25, 0.3) is 32.7 Å². The molecule has 0 unspecified atom stereocenters. The molecular weight excluding hydrogens is 725 g/mol. The lowest BCUT2D eigenvalue weighted by Gasteiger charge is -2.12. The summed E-state index contributed by atoms with van der Waals surface area (Å²) in [5.74, 6) is -3.18. The topological polar surface area (TPSA) is 237 Å². The predicted molar refractivity (Wildman–Crippen MR) is 208 cm³/mol. The first-order valence-corrected chi connectivity index (χ1v) is 17.8. The second-order valence-electron chi connectivity index (χ2n) is 12.1. The Morgan fingerprint density at radius 2 is 1.20 bits per heavy atom. The lowest BCUT2D eigenvalue weighted by molar-refractivity contribution is 0.0686. The first-order chi connectivity index (χ1) is 26.4. The first-order valence-electron chi connectivity index (χ1n) is 16.3. The molecule has 14 nitrogen and oxygen atoms in total. The van der Waals surface area contributed by atoms with E-state index in [1.807, 2.05) is 66.7 Å². The van der Waals surface area contributed by atoms with Crippen LogP contribution in [0.2, 0.25) is 0 Å². The Morgan fingerprint density at radius 3 is 1.84 bits per heavy atom. The highest BCUT2D eigenvalue weighted by Gasteiger charge is 2.20. The van der Waals surface area contributed by atoms with Crippen molar-refractivity contribution in [1.82, 2.24) is 0 Å². The van der Waals surface area contributed by atoms with Crippen LogP contribution in [0.3, 0.4) is 0 Å². The summed E-state index contributed by atoms with van der Waals surface area (Å²) in [6.45, 7) is 0. The normalized spacial score (nSPS) is 11.8. The summed E-state index contributed by atoms with van der Waals surface area (Å²) < 4.78 is 33.3. The van der Waals surface area contributed by atoms with Gasteiger partial charge in [0.05, 0.1) is 22.2 Å². The molecule has 0 amide bonds. The van der Waals surface area contributed by atoms with Crippen LogP contribution in [-0.2, 0) is 10.1 Å². The van der Waals surface area contributed by atoms with Gasteiger partial charge in [0.15, 0.2) is 5.75 Å². The quantitative estimate of drug-likeness (QED) is 0.0439. The van der Waals surface area contributed by atoms with E-state index in [4.69, 9.17) is 5.73 Å². The van der Waals surface area contributed by atoms with E-state index in [2.05, 4.69) is 25.8 Å². The van der Waals surface area contributed by atoms with Crippen LogP contribution < -0.4 is 11.1 Å². The molecule has 0 radical (unpaired) electrons. The summed E-state index contributed by atoms with van der Waals surface area (Å²) >= 11 is 0. The van der Waals surface area contributed by atoms with Crippen molar-refractivity contribution in [3.63, 3.8) is 0 Å². The van der Waals surface area contributed by atoms with Gasteiger partial charge in [0, 0.05) is 22.1 Å². The molecule has 0 aliphatic heterocycles. The number of para-hydroxylation sites is 1. The number of phenols is 1. The predicted octanol–water partition coefficient (Wildman–Crippen LogP) is 10.2. The van der Waals surface area contributed by atoms with E-state index >= 15 is 0 Å². The number of fused-ring (bicyclic) bond motifs is 2. The fourth-order valence-corrected chi connectivity index (χ4v) is 6.71. The number of phenolic OH excluding ortho intramolecular Hbond substituents is 1. The second kappa shape index (κ2) is 14.5. The zero-order chi connectivity index (χ0) is 38.9. The smallest absolute Gasteiger partial charge is 0.337 e. The van der Waals surface area contributed by atoms with E-state index in [-0.39, 0.29) is 44.6 Å². The van der Waals surface area contributed by atoms with Crippen LogP contribution in [0.5, 0.6) is 5.75 Å². The number of benzene rings is 7. The fraction of sp³-hybridized carbons (Fsp3) is 0. The van der Waals surface area contributed by atoms with Crippen LogP contribution in [-0.4, -0.2) is 40.2 Å². The minimum Gasteiger partial charge on any atom is -0.505 e. The molecule has 0 fully saturated rings. The number of hydrogen-bond donors (Lipinski definition) is 6. The van der Waals surface area contributed by atoms with E-state index in [1.54, 1.807) is 6.07 Å². The molecule has 7 rings (SSSR count). The molecule has 0 atom stereocenters. The summed E-state index contributed by atoms with van der Waals surface area (Å²) in [6.07, 6.45) is 0. The molecular formula is C40H28N6O8S. The van der Waals surface area contributed by atoms with Gasteiger partial charge in [-0.15, -0.1) is 20.5 Å². The van der Waals surface area contributed by atoms with Gasteiger partial charge < -0.3 is 26.4 Å². The number of aromatic carboxylic acids is 2. The number of nitrogen functional groups attached to an aromatic ring is 1. The number of carbonyl (C=O) groups is 2. The Balaban J connectivity index is 1.22. The molecule has 0 aromatic heterocycles. The van der Waals surface area contributed by atoms with Gasteiger partial charge >= 0.3 is 11.9 Å². The number of rotatable bonds is 10. The number of azo groups is 2. The van der Waals surface area contributed by atoms with Crippen LogP contribution in [0.4, 0.5) is 39.8 Å². The molecule has 7 aromatic carbocycles. The molecule has 272 valence electrons. The maximum absolute atomic E-state index is 12.5. The van der Waals surface area contributed by atoms with Crippen molar-refractivity contribution in [3.8, 4) is 16.9 Å². The molecule has 7 N–H and O–H groups in total. The minimum absolute atomic E-state index is 0.000809. The highest BCUT2D eigenvalue weighted by Crippen LogP contribution is 2.42. The number of aromatic hydroxyl groups is 1. The molecule has 0 bridgehead atoms. The standard InChI is InChI=1S/C40H28N6O8S/c41-30-14-19-35(55(52,53)54)27-13-18-34(38(47)36(27)30)45-43-31-15-11-23(20-28(31)39(48)49)24-12-16-32(29(21-24)40(50)51)44-46-37-26-9-5-4-6-22(26)10-17-33(37)42-25-7-2-1-3-8-25/h1-21,42,47H,41H2,(H,48,49)(H,50,51)(H,52,53,54). The number of carboxylic acid groups (broad SMARTS) is 2. The number of anilines is 3. The number of carboxylic acids is 2. The Hall–Kier alpha value is -7.49. The number of nitrogens with two attached hydrogens (primary N) is 1. The van der Waals surface area contributed by atoms with Gasteiger partial charge in [0.25, 0.3) is 10.1 Å². The molecule has 0 heterocycles. The molecule has 0 saturated heterocycles. The third-order valence-corrected chi connectivity index (χ3v) is 9.58. The lowest BCUT2D eigenvalue weighted by Crippen LogP contribution is -2.00. The molecule has 0 aliphatic rings. The van der Waals surface area contributed by atoms with E-state index in [9.17, 15) is 37.9 Å². The average molecular weight is 753 g/mol. The molecule has 0 spiro atoms. The molecule has 0 aliphatic carbocycles. The van der Waals surface area contributed by atoms with Gasteiger partial charge in [-0.1, -0.05) is 66.7 Å². The summed E-state index contributed by atoms with van der Waals surface area (Å²) in [6, 6.07) is 34.3. The van der Waals surface area contributed by atoms with Gasteiger partial charge in [-0.2, -0.15) is 8.42 Å². The third kappa shape index (κ3) is 7.28. The Labute approximate surface area is 312 Å². The highest BCUT2D eigenvalue weighted by molar-refractivity contribution is 7.86. The van der Waals surface area contributed by atoms with Crippen molar-refractivity contribution < 1.29 is 37.9 Å². The maximum atomic E-state index is 12.5. The molecule has 15 heteroatoms. The average Bonchev–Trinajstić information content (AvgIpc) is 3.17. The largest absolute Gasteiger partial charge is 0.505 e. The van der Waals surface area contributed by atoms with E-state index < -0.39 is 32.7 Å². The summed E-state index contributed by atoms with van der Waals surface area (Å²) in [5.41, 5.74) is 8.03. The SMILES string of the molecule is Nc1ccc(S(=O)(=O)O)c2ccc(N=Nc3ccc(-c4ccc(N=Nc5c(Nc6ccccc6)ccc6ccccc56)c(C(=O)O)c4)cc3C(=O)O)c(O)c12. The van der Waals surface area contributed by atoms with Crippen molar-refractivity contribution in [1.29, 1.82) is 0 Å². The monoisotopic (exact) mass is 752 g/mol. The van der Waals surface area contributed by atoms with Gasteiger partial charge in [-0.3, -0.25) is 4.55 Å². The fourth-order valence-electron chi connectivity index (χ4n) is 6.02. The van der Waals surface area contributed by atoms with Gasteiger partial charge in [-0.25, -0.2) is 9.59 Å². The van der Waals surface area contributed by atoms with E-state index in [1.165, 1.54) is 48.5 Å². The summed E-state index contributed by atoms with van der Waals surface area (Å²) in [4.78, 5) is 24.3. The van der Waals surface area contributed by atoms with Crippen LogP contribution in [0.15, 0.2) is 153 Å². The highest BCUT2D eigenvalue weighted by atomic mass is 32.2. The molecule has 0 saturated carbocycles. The van der Waals surface area contributed by atoms with Crippen molar-refractivity contribution >= 4 is 83.4 Å². The van der Waals surface area contributed by atoms with Gasteiger partial charge in [0.2, 0.25) is 0 Å². The van der Waals surface area contributed by atoms with Gasteiger partial charge in [0.1, 0.15) is 27.6 Å². The maximum Gasteiger partial charge on any atom is 0.337 e. The molecule has 55 heavy (non-hydrogen) atoms. The first kappa shape index (κ1) is 35.9. The van der Waals surface area contributed by atoms with Crippen molar-refractivity contribution in [3.05, 3.63) is 139 Å². The van der Waals surface area contributed by atoms with Crippen LogP contribution >= 0.6 is 0 Å². The number of hydrogen-bond acceptors (Lipinski definition) is 11. The Morgan fingerprint density at radius 1 is 0.618 bits per heavy atom. The van der Waals surface area contributed by atoms with Crippen molar-refractivity contribution in [2.24, 2.45) is 20.5 Å².